The van der Waals surface area contributed by atoms with Gasteiger partial charge in [0.2, 0.25) is 11.8 Å². The van der Waals surface area contributed by atoms with Crippen LogP contribution in [-0.2, 0) is 14.3 Å². The van der Waals surface area contributed by atoms with Crippen molar-refractivity contribution in [2.45, 2.75) is 68.7 Å². The summed E-state index contributed by atoms with van der Waals surface area (Å²) in [5.74, 6) is -1.52. The molecule has 3 saturated heterocycles. The molecule has 1 aromatic carbocycles. The summed E-state index contributed by atoms with van der Waals surface area (Å²) in [5, 5.41) is 3.83. The molecule has 6 rings (SSSR count). The van der Waals surface area contributed by atoms with Crippen LogP contribution in [0.4, 0.5) is 5.69 Å². The fourth-order valence-corrected chi connectivity index (χ4v) is 7.10. The topological polar surface area (TPSA) is 145 Å². The molecule has 2 saturated carbocycles. The van der Waals surface area contributed by atoms with Crippen LogP contribution < -0.4 is 10.6 Å². The predicted octanol–water partition coefficient (Wildman–Crippen LogP) is 2.20. The van der Waals surface area contributed by atoms with Crippen molar-refractivity contribution >= 4 is 23.3 Å². The number of hydrogen-bond donors (Lipinski definition) is 1. The molecule has 11 heteroatoms. The fraction of sp³-hybridized carbons (Fsp3) is 0.667. The molecule has 5 fully saturated rings. The molecule has 2 N–H and O–H groups in total. The molecule has 2 aliphatic carbocycles. The summed E-state index contributed by atoms with van der Waals surface area (Å²) in [4.78, 5) is 49.1. The summed E-state index contributed by atoms with van der Waals surface area (Å²) in [6.45, 7) is 3.82. The largest absolute Gasteiger partial charge is 0.369 e. The van der Waals surface area contributed by atoms with Gasteiger partial charge in [-0.15, -0.1) is 0 Å². The van der Waals surface area contributed by atoms with E-state index in [2.05, 4.69) is 19.8 Å². The lowest BCUT2D eigenvalue weighted by Gasteiger charge is -2.37. The van der Waals surface area contributed by atoms with Crippen LogP contribution in [0.1, 0.15) is 60.4 Å². The maximum absolute atomic E-state index is 14.4. The average Bonchev–Trinajstić information content (AvgIpc) is 3.31. The average molecular weight is 522 g/mol. The molecule has 5 aliphatic rings. The third kappa shape index (κ3) is 4.52. The standard InChI is InChI=1S/C27H35N7O4/c28-26(36)19-8-7-18(33-11-9-32(10-12-33)17-5-6-17)13-20(19)23(16-3-1-2-4-16)27(37)34-14-21(30-31-29)25-24(34)22(35)15-38-25/h7-8,13,16-17,21,23-25H,1-6,9-12,14-15H2,(H2,28,36)/t21-,23-,24+,25+/m0/s1. The number of amides is 2. The lowest BCUT2D eigenvalue weighted by atomic mass is 9.80. The zero-order valence-electron chi connectivity index (χ0n) is 21.6. The SMILES string of the molecule is [N-]=[N+]=N[C@H]1CN(C(=O)[C@H](c2cc(N3CCN(C4CC4)CC3)ccc2C(N)=O)C2CCCC2)[C@@H]2C(=O)CO[C@H]12. The molecule has 11 nitrogen and oxygen atoms in total. The minimum atomic E-state index is -0.766. The Labute approximate surface area is 221 Å². The van der Waals surface area contributed by atoms with Gasteiger partial charge in [0.25, 0.3) is 0 Å². The van der Waals surface area contributed by atoms with Crippen LogP contribution in [0.5, 0.6) is 0 Å². The van der Waals surface area contributed by atoms with Gasteiger partial charge < -0.3 is 20.3 Å². The van der Waals surface area contributed by atoms with E-state index in [-0.39, 0.29) is 30.8 Å². The smallest absolute Gasteiger partial charge is 0.249 e. The third-order valence-electron chi connectivity index (χ3n) is 9.16. The summed E-state index contributed by atoms with van der Waals surface area (Å²) >= 11 is 0. The maximum Gasteiger partial charge on any atom is 0.249 e. The van der Waals surface area contributed by atoms with Crippen LogP contribution in [0.25, 0.3) is 10.4 Å². The van der Waals surface area contributed by atoms with Crippen LogP contribution in [-0.4, -0.2) is 91.0 Å². The highest BCUT2D eigenvalue weighted by atomic mass is 16.5. The Morgan fingerprint density at radius 2 is 1.84 bits per heavy atom. The second-order valence-corrected chi connectivity index (χ2v) is 11.4. The quantitative estimate of drug-likeness (QED) is 0.331. The van der Waals surface area contributed by atoms with Gasteiger partial charge in [0, 0.05) is 54.9 Å². The highest BCUT2D eigenvalue weighted by molar-refractivity contribution is 5.99. The number of rotatable bonds is 7. The Hall–Kier alpha value is -3.14. The van der Waals surface area contributed by atoms with Gasteiger partial charge in [-0.3, -0.25) is 19.3 Å². The van der Waals surface area contributed by atoms with E-state index in [1.165, 1.54) is 12.8 Å². The van der Waals surface area contributed by atoms with Gasteiger partial charge in [-0.2, -0.15) is 0 Å². The Bertz CT molecular complexity index is 1170. The number of benzene rings is 1. The summed E-state index contributed by atoms with van der Waals surface area (Å²) in [6.07, 6.45) is 5.70. The van der Waals surface area contributed by atoms with Crippen molar-refractivity contribution in [1.29, 1.82) is 0 Å². The highest BCUT2D eigenvalue weighted by Gasteiger charge is 2.53. The van der Waals surface area contributed by atoms with E-state index in [0.29, 0.717) is 11.1 Å². The second-order valence-electron chi connectivity index (χ2n) is 11.4. The molecule has 3 heterocycles. The predicted molar refractivity (Wildman–Crippen MR) is 140 cm³/mol. The number of ketones is 1. The number of carbonyl (C=O) groups excluding carboxylic acids is 3. The molecule has 2 amide bonds. The molecule has 3 aliphatic heterocycles. The summed E-state index contributed by atoms with van der Waals surface area (Å²) in [6, 6.07) is 5.03. The summed E-state index contributed by atoms with van der Waals surface area (Å²) in [5.41, 5.74) is 16.9. The third-order valence-corrected chi connectivity index (χ3v) is 9.16. The number of nitrogens with two attached hydrogens (primary N) is 1. The van der Waals surface area contributed by atoms with Crippen LogP contribution in [0, 0.1) is 5.92 Å². The van der Waals surface area contributed by atoms with E-state index in [1.54, 1.807) is 11.0 Å². The first-order valence-electron chi connectivity index (χ1n) is 13.9. The monoisotopic (exact) mass is 521 g/mol. The van der Waals surface area contributed by atoms with Gasteiger partial charge in [-0.1, -0.05) is 18.0 Å². The second kappa shape index (κ2) is 10.2. The molecular weight excluding hydrogens is 486 g/mol. The van der Waals surface area contributed by atoms with E-state index in [0.717, 1.165) is 63.6 Å². The van der Waals surface area contributed by atoms with Crippen LogP contribution >= 0.6 is 0 Å². The van der Waals surface area contributed by atoms with Crippen LogP contribution in [0.3, 0.4) is 0 Å². The Morgan fingerprint density at radius 1 is 1.11 bits per heavy atom. The number of likely N-dealkylation sites (tertiary alicyclic amines) is 1. The Balaban J connectivity index is 1.35. The van der Waals surface area contributed by atoms with E-state index >= 15 is 0 Å². The lowest BCUT2D eigenvalue weighted by molar-refractivity contribution is -0.138. The highest BCUT2D eigenvalue weighted by Crippen LogP contribution is 2.43. The van der Waals surface area contributed by atoms with Crippen molar-refractivity contribution in [3.05, 3.63) is 39.8 Å². The maximum atomic E-state index is 14.4. The van der Waals surface area contributed by atoms with Crippen molar-refractivity contribution in [2.75, 3.05) is 44.2 Å². The van der Waals surface area contributed by atoms with Crippen molar-refractivity contribution in [2.24, 2.45) is 16.8 Å². The first-order valence-corrected chi connectivity index (χ1v) is 13.9. The Kier molecular flexibility index (Phi) is 6.75. The molecule has 202 valence electrons. The number of carbonyl (C=O) groups is 3. The number of anilines is 1. The number of nitrogens with zero attached hydrogens (tertiary/aromatic N) is 6. The van der Waals surface area contributed by atoms with Crippen molar-refractivity contribution in [3.8, 4) is 0 Å². The van der Waals surface area contributed by atoms with E-state index in [9.17, 15) is 14.4 Å². The lowest BCUT2D eigenvalue weighted by Crippen LogP contribution is -2.47. The molecule has 0 bridgehead atoms. The Morgan fingerprint density at radius 3 is 2.50 bits per heavy atom. The first-order chi connectivity index (χ1) is 18.5. The van der Waals surface area contributed by atoms with Crippen molar-refractivity contribution < 1.29 is 19.1 Å². The number of piperazine rings is 1. The number of Topliss-reactive ketones (excluding diaryl/α,β-unsaturated/α-hetero) is 1. The van der Waals surface area contributed by atoms with Gasteiger partial charge in [0.15, 0.2) is 5.78 Å². The zero-order chi connectivity index (χ0) is 26.4. The van der Waals surface area contributed by atoms with E-state index in [1.807, 2.05) is 12.1 Å². The van der Waals surface area contributed by atoms with Crippen LogP contribution in [0.15, 0.2) is 23.3 Å². The number of ether oxygens (including phenoxy) is 1. The minimum absolute atomic E-state index is 0.0388. The first kappa shape index (κ1) is 25.2. The molecule has 1 aromatic rings. The summed E-state index contributed by atoms with van der Waals surface area (Å²) in [7, 11) is 0. The minimum Gasteiger partial charge on any atom is -0.369 e. The summed E-state index contributed by atoms with van der Waals surface area (Å²) < 4.78 is 5.64. The van der Waals surface area contributed by atoms with Gasteiger partial charge in [-0.25, -0.2) is 0 Å². The molecule has 0 aromatic heterocycles. The number of fused-ring (bicyclic) bond motifs is 1. The molecule has 0 spiro atoms. The molecule has 0 unspecified atom stereocenters. The number of hydrogen-bond acceptors (Lipinski definition) is 7. The molecular formula is C27H35N7O4. The zero-order valence-corrected chi connectivity index (χ0v) is 21.6. The number of azide groups is 1. The normalized spacial score (nSPS) is 28.8. The van der Waals surface area contributed by atoms with Gasteiger partial charge in [0.05, 0.1) is 18.1 Å². The molecule has 4 atom stereocenters. The van der Waals surface area contributed by atoms with Gasteiger partial charge in [0.1, 0.15) is 12.6 Å². The van der Waals surface area contributed by atoms with E-state index in [4.69, 9.17) is 16.0 Å². The van der Waals surface area contributed by atoms with Crippen molar-refractivity contribution in [1.82, 2.24) is 9.80 Å². The number of primary amides is 1. The van der Waals surface area contributed by atoms with Crippen molar-refractivity contribution in [3.63, 3.8) is 0 Å². The van der Waals surface area contributed by atoms with Crippen LogP contribution in [0.2, 0.25) is 0 Å². The van der Waals surface area contributed by atoms with Gasteiger partial charge in [-0.05, 0) is 60.9 Å². The fourth-order valence-electron chi connectivity index (χ4n) is 7.10. The molecule has 0 radical (unpaired) electrons. The van der Waals surface area contributed by atoms with E-state index < -0.39 is 30.0 Å². The van der Waals surface area contributed by atoms with Gasteiger partial charge >= 0.3 is 0 Å². The molecule has 38 heavy (non-hydrogen) atoms.